The van der Waals surface area contributed by atoms with Crippen molar-refractivity contribution in [1.29, 1.82) is 0 Å². The van der Waals surface area contributed by atoms with Crippen molar-refractivity contribution in [2.24, 2.45) is 0 Å². The van der Waals surface area contributed by atoms with E-state index in [9.17, 15) is 4.79 Å². The summed E-state index contributed by atoms with van der Waals surface area (Å²) in [5, 5.41) is 3.56. The number of benzene rings is 3. The van der Waals surface area contributed by atoms with Crippen LogP contribution in [0, 0.1) is 0 Å². The Bertz CT molecular complexity index is 1010. The van der Waals surface area contributed by atoms with Gasteiger partial charge in [0.05, 0.1) is 26.4 Å². The molecule has 0 saturated heterocycles. The molecule has 0 fully saturated rings. The van der Waals surface area contributed by atoms with Crippen LogP contribution >= 0.6 is 0 Å². The van der Waals surface area contributed by atoms with Crippen molar-refractivity contribution >= 4 is 5.97 Å². The SMILES string of the molecule is CCOC(=O)c1ccc(-c2cc(CN[C@H](C)c3cccc(OC)c3)ccc2OC)cc1. The van der Waals surface area contributed by atoms with Gasteiger partial charge in [0.15, 0.2) is 0 Å². The molecule has 0 amide bonds. The molecule has 162 valence electrons. The van der Waals surface area contributed by atoms with Gasteiger partial charge in [0.2, 0.25) is 0 Å². The normalized spacial score (nSPS) is 11.6. The average Bonchev–Trinajstić information content (AvgIpc) is 2.82. The maximum absolute atomic E-state index is 11.9. The molecule has 0 aliphatic rings. The van der Waals surface area contributed by atoms with Crippen LogP contribution in [0.2, 0.25) is 0 Å². The summed E-state index contributed by atoms with van der Waals surface area (Å²) in [6.07, 6.45) is 0. The Balaban J connectivity index is 1.76. The van der Waals surface area contributed by atoms with Crippen molar-refractivity contribution < 1.29 is 19.0 Å². The van der Waals surface area contributed by atoms with E-state index < -0.39 is 0 Å². The molecule has 1 N–H and O–H groups in total. The molecule has 0 aromatic heterocycles. The molecular formula is C26H29NO4. The lowest BCUT2D eigenvalue weighted by Gasteiger charge is -2.17. The summed E-state index contributed by atoms with van der Waals surface area (Å²) in [6, 6.07) is 21.8. The number of hydrogen-bond acceptors (Lipinski definition) is 5. The van der Waals surface area contributed by atoms with Crippen molar-refractivity contribution in [3.63, 3.8) is 0 Å². The van der Waals surface area contributed by atoms with Gasteiger partial charge in [0, 0.05) is 18.2 Å². The molecule has 0 spiro atoms. The Labute approximate surface area is 184 Å². The number of carbonyl (C=O) groups excluding carboxylic acids is 1. The fraction of sp³-hybridized carbons (Fsp3) is 0.269. The van der Waals surface area contributed by atoms with Crippen molar-refractivity contribution in [2.75, 3.05) is 20.8 Å². The highest BCUT2D eigenvalue weighted by atomic mass is 16.5. The number of methoxy groups -OCH3 is 2. The number of hydrogen-bond donors (Lipinski definition) is 1. The minimum Gasteiger partial charge on any atom is -0.497 e. The first-order valence-corrected chi connectivity index (χ1v) is 10.4. The van der Waals surface area contributed by atoms with Crippen LogP contribution in [-0.2, 0) is 11.3 Å². The highest BCUT2D eigenvalue weighted by Gasteiger charge is 2.11. The number of esters is 1. The van der Waals surface area contributed by atoms with Gasteiger partial charge in [-0.2, -0.15) is 0 Å². The van der Waals surface area contributed by atoms with Gasteiger partial charge in [-0.1, -0.05) is 30.3 Å². The van der Waals surface area contributed by atoms with E-state index >= 15 is 0 Å². The zero-order chi connectivity index (χ0) is 22.2. The Hall–Kier alpha value is -3.31. The fourth-order valence-corrected chi connectivity index (χ4v) is 3.39. The number of rotatable bonds is 9. The van der Waals surface area contributed by atoms with Crippen LogP contribution in [0.25, 0.3) is 11.1 Å². The number of nitrogens with one attached hydrogen (secondary N) is 1. The van der Waals surface area contributed by atoms with E-state index in [-0.39, 0.29) is 12.0 Å². The zero-order valence-electron chi connectivity index (χ0n) is 18.5. The molecule has 3 aromatic rings. The van der Waals surface area contributed by atoms with Gasteiger partial charge in [-0.05, 0) is 66.9 Å². The third-order valence-electron chi connectivity index (χ3n) is 5.18. The third kappa shape index (κ3) is 5.64. The second-order valence-corrected chi connectivity index (χ2v) is 7.21. The molecular weight excluding hydrogens is 390 g/mol. The lowest BCUT2D eigenvalue weighted by Crippen LogP contribution is -2.18. The highest BCUT2D eigenvalue weighted by Crippen LogP contribution is 2.31. The van der Waals surface area contributed by atoms with Gasteiger partial charge in [0.1, 0.15) is 11.5 Å². The molecule has 0 bridgehead atoms. The molecule has 0 radical (unpaired) electrons. The summed E-state index contributed by atoms with van der Waals surface area (Å²) < 4.78 is 16.0. The van der Waals surface area contributed by atoms with Gasteiger partial charge < -0.3 is 19.5 Å². The van der Waals surface area contributed by atoms with Crippen LogP contribution in [-0.4, -0.2) is 26.8 Å². The van der Waals surface area contributed by atoms with Crippen LogP contribution in [0.15, 0.2) is 66.7 Å². The Morgan fingerprint density at radius 1 is 0.968 bits per heavy atom. The van der Waals surface area contributed by atoms with Gasteiger partial charge in [0.25, 0.3) is 0 Å². The maximum Gasteiger partial charge on any atom is 0.338 e. The predicted octanol–water partition coefficient (Wildman–Crippen LogP) is 5.40. The smallest absolute Gasteiger partial charge is 0.338 e. The maximum atomic E-state index is 11.9. The fourth-order valence-electron chi connectivity index (χ4n) is 3.39. The van der Waals surface area contributed by atoms with E-state index in [1.807, 2.05) is 36.4 Å². The van der Waals surface area contributed by atoms with Crippen LogP contribution in [0.5, 0.6) is 11.5 Å². The van der Waals surface area contributed by atoms with Gasteiger partial charge >= 0.3 is 5.97 Å². The summed E-state index contributed by atoms with van der Waals surface area (Å²) in [7, 11) is 3.34. The van der Waals surface area contributed by atoms with Crippen molar-refractivity contribution in [2.45, 2.75) is 26.4 Å². The summed E-state index contributed by atoms with van der Waals surface area (Å²) in [6.45, 7) is 4.99. The number of carbonyl (C=O) groups is 1. The van der Waals surface area contributed by atoms with E-state index in [0.717, 1.165) is 28.2 Å². The second kappa shape index (κ2) is 10.6. The first-order valence-electron chi connectivity index (χ1n) is 10.4. The van der Waals surface area contributed by atoms with Crippen LogP contribution in [0.1, 0.15) is 41.4 Å². The lowest BCUT2D eigenvalue weighted by molar-refractivity contribution is 0.0526. The molecule has 31 heavy (non-hydrogen) atoms. The van der Waals surface area contributed by atoms with E-state index in [1.165, 1.54) is 5.56 Å². The van der Waals surface area contributed by atoms with Gasteiger partial charge in [-0.25, -0.2) is 4.79 Å². The number of ether oxygens (including phenoxy) is 3. The quantitative estimate of drug-likeness (QED) is 0.471. The van der Waals surface area contributed by atoms with Crippen molar-refractivity contribution in [3.05, 3.63) is 83.4 Å². The molecule has 3 aromatic carbocycles. The highest BCUT2D eigenvalue weighted by molar-refractivity contribution is 5.90. The first-order chi connectivity index (χ1) is 15.0. The standard InChI is InChI=1S/C26H29NO4/c1-5-31-26(28)21-12-10-20(11-13-21)24-15-19(9-14-25(24)30-4)17-27-18(2)22-7-6-8-23(16-22)29-3/h6-16,18,27H,5,17H2,1-4H3/t18-/m1/s1. The Morgan fingerprint density at radius 3 is 2.42 bits per heavy atom. The predicted molar refractivity (Wildman–Crippen MR) is 123 cm³/mol. The Morgan fingerprint density at radius 2 is 1.74 bits per heavy atom. The molecule has 1 atom stereocenters. The zero-order valence-corrected chi connectivity index (χ0v) is 18.5. The molecule has 0 saturated carbocycles. The van der Waals surface area contributed by atoms with E-state index in [1.54, 1.807) is 33.3 Å². The summed E-state index contributed by atoms with van der Waals surface area (Å²) in [4.78, 5) is 11.9. The third-order valence-corrected chi connectivity index (χ3v) is 5.18. The summed E-state index contributed by atoms with van der Waals surface area (Å²) in [5.74, 6) is 1.32. The molecule has 0 unspecified atom stereocenters. The van der Waals surface area contributed by atoms with Crippen LogP contribution in [0.4, 0.5) is 0 Å². The van der Waals surface area contributed by atoms with E-state index in [4.69, 9.17) is 14.2 Å². The molecule has 3 rings (SSSR count). The Kier molecular flexibility index (Phi) is 7.68. The summed E-state index contributed by atoms with van der Waals surface area (Å²) >= 11 is 0. The van der Waals surface area contributed by atoms with Crippen LogP contribution in [0.3, 0.4) is 0 Å². The minimum atomic E-state index is -0.314. The van der Waals surface area contributed by atoms with Gasteiger partial charge in [-0.15, -0.1) is 0 Å². The van der Waals surface area contributed by atoms with E-state index in [2.05, 4.69) is 30.4 Å². The van der Waals surface area contributed by atoms with E-state index in [0.29, 0.717) is 18.7 Å². The molecule has 5 heteroatoms. The van der Waals surface area contributed by atoms with Crippen molar-refractivity contribution in [3.8, 4) is 22.6 Å². The topological polar surface area (TPSA) is 56.8 Å². The van der Waals surface area contributed by atoms with Crippen molar-refractivity contribution in [1.82, 2.24) is 5.32 Å². The second-order valence-electron chi connectivity index (χ2n) is 7.21. The molecule has 0 aliphatic carbocycles. The largest absolute Gasteiger partial charge is 0.497 e. The first kappa shape index (κ1) is 22.4. The van der Waals surface area contributed by atoms with Gasteiger partial charge in [-0.3, -0.25) is 0 Å². The average molecular weight is 420 g/mol. The monoisotopic (exact) mass is 419 g/mol. The minimum absolute atomic E-state index is 0.171. The molecule has 0 heterocycles. The molecule has 0 aliphatic heterocycles. The molecule has 5 nitrogen and oxygen atoms in total. The summed E-state index contributed by atoms with van der Waals surface area (Å²) in [5.41, 5.74) is 4.80. The lowest BCUT2D eigenvalue weighted by atomic mass is 10.00. The van der Waals surface area contributed by atoms with Crippen LogP contribution < -0.4 is 14.8 Å².